The van der Waals surface area contributed by atoms with Gasteiger partial charge in [0, 0.05) is 10.2 Å². The number of para-hydroxylation sites is 1. The first-order valence-corrected chi connectivity index (χ1v) is 6.88. The minimum Gasteiger partial charge on any atom is -0.492 e. The standard InChI is InChI=1S/C12H17BrOS/c13-9-5-1-2-6-10-14-11-7-3-4-8-12(11)15/h3-4,7-8,15H,1-2,5-6,9-10H2. The monoisotopic (exact) mass is 288 g/mol. The van der Waals surface area contributed by atoms with E-state index in [0.717, 1.165) is 29.0 Å². The van der Waals surface area contributed by atoms with Gasteiger partial charge in [-0.3, -0.25) is 0 Å². The number of benzene rings is 1. The molecule has 0 aliphatic carbocycles. The van der Waals surface area contributed by atoms with Crippen molar-refractivity contribution in [1.82, 2.24) is 0 Å². The van der Waals surface area contributed by atoms with Gasteiger partial charge in [0.2, 0.25) is 0 Å². The molecule has 0 heterocycles. The molecule has 0 saturated carbocycles. The van der Waals surface area contributed by atoms with Crippen LogP contribution in [0.2, 0.25) is 0 Å². The molecule has 0 N–H and O–H groups in total. The van der Waals surface area contributed by atoms with Crippen molar-refractivity contribution in [1.29, 1.82) is 0 Å². The summed E-state index contributed by atoms with van der Waals surface area (Å²) >= 11 is 7.75. The maximum absolute atomic E-state index is 5.63. The highest BCUT2D eigenvalue weighted by molar-refractivity contribution is 9.09. The van der Waals surface area contributed by atoms with E-state index < -0.39 is 0 Å². The molecule has 0 atom stereocenters. The Morgan fingerprint density at radius 2 is 1.80 bits per heavy atom. The minimum atomic E-state index is 0.792. The molecule has 1 nitrogen and oxygen atoms in total. The molecule has 1 rings (SSSR count). The summed E-state index contributed by atoms with van der Waals surface area (Å²) in [6.07, 6.45) is 4.88. The molecule has 1 aromatic rings. The second kappa shape index (κ2) is 8.05. The van der Waals surface area contributed by atoms with Crippen molar-refractivity contribution in [2.45, 2.75) is 30.6 Å². The highest BCUT2D eigenvalue weighted by Crippen LogP contribution is 2.21. The number of alkyl halides is 1. The fourth-order valence-corrected chi connectivity index (χ4v) is 1.93. The van der Waals surface area contributed by atoms with Crippen LogP contribution in [0.25, 0.3) is 0 Å². The lowest BCUT2D eigenvalue weighted by Crippen LogP contribution is -1.97. The Balaban J connectivity index is 2.12. The fourth-order valence-electron chi connectivity index (χ4n) is 1.31. The maximum Gasteiger partial charge on any atom is 0.132 e. The lowest BCUT2D eigenvalue weighted by Gasteiger charge is -2.07. The summed E-state index contributed by atoms with van der Waals surface area (Å²) in [5.74, 6) is 0.890. The smallest absolute Gasteiger partial charge is 0.132 e. The molecule has 0 bridgehead atoms. The van der Waals surface area contributed by atoms with Crippen LogP contribution >= 0.6 is 28.6 Å². The zero-order valence-electron chi connectivity index (χ0n) is 8.79. The molecule has 3 heteroatoms. The summed E-state index contributed by atoms with van der Waals surface area (Å²) in [6.45, 7) is 0.792. The van der Waals surface area contributed by atoms with Crippen molar-refractivity contribution in [3.63, 3.8) is 0 Å². The van der Waals surface area contributed by atoms with Crippen LogP contribution in [0, 0.1) is 0 Å². The number of thiol groups is 1. The molecule has 0 aliphatic heterocycles. The predicted molar refractivity (Wildman–Crippen MR) is 71.5 cm³/mol. The molecule has 84 valence electrons. The van der Waals surface area contributed by atoms with Crippen LogP contribution in [0.5, 0.6) is 5.75 Å². The van der Waals surface area contributed by atoms with Crippen LogP contribution in [-0.2, 0) is 0 Å². The molecule has 0 saturated heterocycles. The van der Waals surface area contributed by atoms with Gasteiger partial charge < -0.3 is 4.74 Å². The summed E-state index contributed by atoms with van der Waals surface area (Å²) in [4.78, 5) is 0.915. The van der Waals surface area contributed by atoms with E-state index in [1.54, 1.807) is 0 Å². The first-order valence-electron chi connectivity index (χ1n) is 5.31. The molecule has 15 heavy (non-hydrogen) atoms. The van der Waals surface area contributed by atoms with E-state index in [0.29, 0.717) is 0 Å². The van der Waals surface area contributed by atoms with Gasteiger partial charge in [0.1, 0.15) is 5.75 Å². The van der Waals surface area contributed by atoms with Crippen molar-refractivity contribution in [2.24, 2.45) is 0 Å². The second-order valence-corrected chi connectivity index (χ2v) is 4.69. The number of ether oxygens (including phenoxy) is 1. The van der Waals surface area contributed by atoms with Crippen LogP contribution in [0.1, 0.15) is 25.7 Å². The quantitative estimate of drug-likeness (QED) is 0.447. The summed E-state index contributed by atoms with van der Waals surface area (Å²) in [6, 6.07) is 7.84. The van der Waals surface area contributed by atoms with E-state index in [-0.39, 0.29) is 0 Å². The summed E-state index contributed by atoms with van der Waals surface area (Å²) < 4.78 is 5.63. The van der Waals surface area contributed by atoms with Crippen LogP contribution in [-0.4, -0.2) is 11.9 Å². The molecule has 0 aromatic heterocycles. The summed E-state index contributed by atoms with van der Waals surface area (Å²) in [7, 11) is 0. The van der Waals surface area contributed by atoms with E-state index in [4.69, 9.17) is 4.74 Å². The zero-order chi connectivity index (χ0) is 10.9. The third kappa shape index (κ3) is 5.47. The number of halogens is 1. The highest BCUT2D eigenvalue weighted by atomic mass is 79.9. The minimum absolute atomic E-state index is 0.792. The van der Waals surface area contributed by atoms with Gasteiger partial charge in [-0.05, 0) is 25.0 Å². The van der Waals surface area contributed by atoms with E-state index in [1.807, 2.05) is 24.3 Å². The van der Waals surface area contributed by atoms with E-state index in [2.05, 4.69) is 28.6 Å². The normalized spacial score (nSPS) is 10.3. The van der Waals surface area contributed by atoms with E-state index in [9.17, 15) is 0 Å². The van der Waals surface area contributed by atoms with Crippen molar-refractivity contribution >= 4 is 28.6 Å². The van der Waals surface area contributed by atoms with Gasteiger partial charge in [-0.25, -0.2) is 0 Å². The lowest BCUT2D eigenvalue weighted by atomic mass is 10.2. The van der Waals surface area contributed by atoms with Crippen molar-refractivity contribution in [2.75, 3.05) is 11.9 Å². The van der Waals surface area contributed by atoms with Gasteiger partial charge in [0.25, 0.3) is 0 Å². The van der Waals surface area contributed by atoms with E-state index >= 15 is 0 Å². The summed E-state index contributed by atoms with van der Waals surface area (Å²) in [5, 5.41) is 1.10. The summed E-state index contributed by atoms with van der Waals surface area (Å²) in [5.41, 5.74) is 0. The SMILES string of the molecule is Sc1ccccc1OCCCCCCBr. The first-order chi connectivity index (χ1) is 7.34. The van der Waals surface area contributed by atoms with Gasteiger partial charge in [0.15, 0.2) is 0 Å². The molecule has 0 spiro atoms. The van der Waals surface area contributed by atoms with Crippen LogP contribution in [0.15, 0.2) is 29.2 Å². The topological polar surface area (TPSA) is 9.23 Å². The Morgan fingerprint density at radius 3 is 2.53 bits per heavy atom. The predicted octanol–water partition coefficient (Wildman–Crippen LogP) is 4.31. The Bertz CT molecular complexity index is 278. The van der Waals surface area contributed by atoms with Crippen LogP contribution in [0.4, 0.5) is 0 Å². The maximum atomic E-state index is 5.63. The number of hydrogen-bond donors (Lipinski definition) is 1. The Hall–Kier alpha value is -0.150. The molecule has 0 radical (unpaired) electrons. The molecule has 1 aromatic carbocycles. The zero-order valence-corrected chi connectivity index (χ0v) is 11.3. The Morgan fingerprint density at radius 1 is 1.07 bits per heavy atom. The fraction of sp³-hybridized carbons (Fsp3) is 0.500. The average molecular weight is 289 g/mol. The lowest BCUT2D eigenvalue weighted by molar-refractivity contribution is 0.298. The van der Waals surface area contributed by atoms with Crippen LogP contribution in [0.3, 0.4) is 0 Å². The Labute approximate surface area is 106 Å². The molecule has 0 unspecified atom stereocenters. The third-order valence-corrected chi connectivity index (χ3v) is 3.08. The third-order valence-electron chi connectivity index (χ3n) is 2.15. The first kappa shape index (κ1) is 12.9. The van der Waals surface area contributed by atoms with Crippen LogP contribution < -0.4 is 4.74 Å². The van der Waals surface area contributed by atoms with E-state index in [1.165, 1.54) is 19.3 Å². The van der Waals surface area contributed by atoms with Crippen molar-refractivity contribution in [3.05, 3.63) is 24.3 Å². The van der Waals surface area contributed by atoms with Gasteiger partial charge >= 0.3 is 0 Å². The number of rotatable bonds is 7. The van der Waals surface area contributed by atoms with Gasteiger partial charge in [-0.15, -0.1) is 12.6 Å². The van der Waals surface area contributed by atoms with Crippen molar-refractivity contribution < 1.29 is 4.74 Å². The molecular weight excluding hydrogens is 272 g/mol. The van der Waals surface area contributed by atoms with Crippen molar-refractivity contribution in [3.8, 4) is 5.75 Å². The molecule has 0 aliphatic rings. The van der Waals surface area contributed by atoms with Gasteiger partial charge in [0.05, 0.1) is 6.61 Å². The number of unbranched alkanes of at least 4 members (excludes halogenated alkanes) is 3. The second-order valence-electron chi connectivity index (χ2n) is 3.42. The number of hydrogen-bond acceptors (Lipinski definition) is 2. The molecule has 0 amide bonds. The molecule has 0 fully saturated rings. The van der Waals surface area contributed by atoms with Gasteiger partial charge in [-0.2, -0.15) is 0 Å². The average Bonchev–Trinajstić information content (AvgIpc) is 2.25. The molecular formula is C12H17BrOS. The largest absolute Gasteiger partial charge is 0.492 e. The van der Waals surface area contributed by atoms with Gasteiger partial charge in [-0.1, -0.05) is 40.9 Å². The highest BCUT2D eigenvalue weighted by Gasteiger charge is 1.97. The Kier molecular flexibility index (Phi) is 6.94.